The number of para-hydroxylation sites is 1. The second-order valence-corrected chi connectivity index (χ2v) is 8.04. The maximum absolute atomic E-state index is 12.6. The predicted molar refractivity (Wildman–Crippen MR) is 92.1 cm³/mol. The van der Waals surface area contributed by atoms with Crippen molar-refractivity contribution >= 4 is 15.7 Å². The van der Waals surface area contributed by atoms with Crippen molar-refractivity contribution in [3.05, 3.63) is 60.2 Å². The standard InChI is InChI=1S/C18H19NO4S/c20-18(19-10-5-12-24(21,22)13-11-19)15-6-4-9-17(14-15)23-16-7-2-1-3-8-16/h1-4,6-9,14H,5,10-13H2. The number of hydrogen-bond acceptors (Lipinski definition) is 4. The Morgan fingerprint density at radius 1 is 0.917 bits per heavy atom. The van der Waals surface area contributed by atoms with Gasteiger partial charge >= 0.3 is 0 Å². The van der Waals surface area contributed by atoms with Crippen LogP contribution in [0.15, 0.2) is 54.6 Å². The van der Waals surface area contributed by atoms with Crippen LogP contribution in [0.4, 0.5) is 0 Å². The van der Waals surface area contributed by atoms with Gasteiger partial charge in [0.25, 0.3) is 5.91 Å². The van der Waals surface area contributed by atoms with Crippen LogP contribution in [0.3, 0.4) is 0 Å². The molecule has 1 heterocycles. The normalized spacial score (nSPS) is 17.1. The summed E-state index contributed by atoms with van der Waals surface area (Å²) in [6.07, 6.45) is 0.480. The smallest absolute Gasteiger partial charge is 0.254 e. The summed E-state index contributed by atoms with van der Waals surface area (Å²) in [4.78, 5) is 14.2. The van der Waals surface area contributed by atoms with E-state index in [4.69, 9.17) is 4.74 Å². The minimum absolute atomic E-state index is 0.0267. The molecule has 24 heavy (non-hydrogen) atoms. The number of ether oxygens (including phenoxy) is 1. The summed E-state index contributed by atoms with van der Waals surface area (Å²) < 4.78 is 29.1. The van der Waals surface area contributed by atoms with Crippen molar-refractivity contribution < 1.29 is 17.9 Å². The first-order valence-corrected chi connectivity index (χ1v) is 9.68. The zero-order valence-corrected chi connectivity index (χ0v) is 14.0. The molecule has 0 spiro atoms. The molecule has 2 aromatic rings. The van der Waals surface area contributed by atoms with E-state index in [9.17, 15) is 13.2 Å². The number of carbonyl (C=O) groups excluding carboxylic acids is 1. The van der Waals surface area contributed by atoms with Crippen LogP contribution in [0.25, 0.3) is 0 Å². The molecule has 3 rings (SSSR count). The van der Waals surface area contributed by atoms with Crippen molar-refractivity contribution in [1.82, 2.24) is 4.90 Å². The molecule has 0 N–H and O–H groups in total. The summed E-state index contributed by atoms with van der Waals surface area (Å²) in [5, 5.41) is 0. The maximum Gasteiger partial charge on any atom is 0.254 e. The number of hydrogen-bond donors (Lipinski definition) is 0. The Hall–Kier alpha value is -2.34. The molecule has 6 heteroatoms. The first kappa shape index (κ1) is 16.5. The molecule has 126 valence electrons. The zero-order valence-electron chi connectivity index (χ0n) is 13.2. The Bertz CT molecular complexity index is 818. The van der Waals surface area contributed by atoms with Crippen LogP contribution in [-0.2, 0) is 9.84 Å². The van der Waals surface area contributed by atoms with E-state index in [1.807, 2.05) is 30.3 Å². The lowest BCUT2D eigenvalue weighted by Crippen LogP contribution is -2.33. The summed E-state index contributed by atoms with van der Waals surface area (Å²) in [5.41, 5.74) is 0.503. The van der Waals surface area contributed by atoms with Gasteiger partial charge in [-0.1, -0.05) is 24.3 Å². The van der Waals surface area contributed by atoms with Gasteiger partial charge in [-0.15, -0.1) is 0 Å². The summed E-state index contributed by atoms with van der Waals surface area (Å²) in [6, 6.07) is 16.3. The highest BCUT2D eigenvalue weighted by atomic mass is 32.2. The van der Waals surface area contributed by atoms with Gasteiger partial charge in [-0.25, -0.2) is 8.42 Å². The van der Waals surface area contributed by atoms with Crippen LogP contribution >= 0.6 is 0 Å². The fourth-order valence-corrected chi connectivity index (χ4v) is 3.91. The number of nitrogens with zero attached hydrogens (tertiary/aromatic N) is 1. The van der Waals surface area contributed by atoms with Crippen molar-refractivity contribution in [1.29, 1.82) is 0 Å². The van der Waals surface area contributed by atoms with Gasteiger partial charge in [0, 0.05) is 18.7 Å². The lowest BCUT2D eigenvalue weighted by Gasteiger charge is -2.20. The molecule has 0 aromatic heterocycles. The fourth-order valence-electron chi connectivity index (χ4n) is 2.64. The summed E-state index contributed by atoms with van der Waals surface area (Å²) in [7, 11) is -3.04. The molecule has 0 radical (unpaired) electrons. The molecular formula is C18H19NO4S. The lowest BCUT2D eigenvalue weighted by molar-refractivity contribution is 0.0768. The van der Waals surface area contributed by atoms with Gasteiger partial charge in [-0.3, -0.25) is 4.79 Å². The summed E-state index contributed by atoms with van der Waals surface area (Å²) in [5.74, 6) is 1.29. The second kappa shape index (κ2) is 7.05. The minimum Gasteiger partial charge on any atom is -0.457 e. The second-order valence-electron chi connectivity index (χ2n) is 5.74. The highest BCUT2D eigenvalue weighted by Gasteiger charge is 2.23. The van der Waals surface area contributed by atoms with Crippen LogP contribution < -0.4 is 4.74 Å². The number of sulfone groups is 1. The molecule has 1 aliphatic heterocycles. The molecule has 1 saturated heterocycles. The van der Waals surface area contributed by atoms with E-state index in [0.29, 0.717) is 30.0 Å². The average molecular weight is 345 g/mol. The van der Waals surface area contributed by atoms with Crippen LogP contribution in [0.1, 0.15) is 16.8 Å². The van der Waals surface area contributed by atoms with Gasteiger partial charge in [0.15, 0.2) is 9.84 Å². The SMILES string of the molecule is O=C(c1cccc(Oc2ccccc2)c1)N1CCCS(=O)(=O)CC1. The molecule has 0 aliphatic carbocycles. The summed E-state index contributed by atoms with van der Waals surface area (Å²) >= 11 is 0. The molecule has 0 saturated carbocycles. The van der Waals surface area contributed by atoms with Crippen molar-refractivity contribution in [2.45, 2.75) is 6.42 Å². The Balaban J connectivity index is 1.74. The monoisotopic (exact) mass is 345 g/mol. The molecule has 5 nitrogen and oxygen atoms in total. The van der Waals surface area contributed by atoms with Crippen molar-refractivity contribution in [3.8, 4) is 11.5 Å². The van der Waals surface area contributed by atoms with Crippen molar-refractivity contribution in [3.63, 3.8) is 0 Å². The quantitative estimate of drug-likeness (QED) is 0.858. The minimum atomic E-state index is -3.04. The van der Waals surface area contributed by atoms with E-state index in [2.05, 4.69) is 0 Å². The first-order valence-electron chi connectivity index (χ1n) is 7.86. The fraction of sp³-hybridized carbons (Fsp3) is 0.278. The van der Waals surface area contributed by atoms with Crippen LogP contribution in [-0.4, -0.2) is 43.8 Å². The maximum atomic E-state index is 12.6. The number of benzene rings is 2. The third-order valence-electron chi connectivity index (χ3n) is 3.90. The zero-order chi connectivity index (χ0) is 17.0. The van der Waals surface area contributed by atoms with Gasteiger partial charge < -0.3 is 9.64 Å². The van der Waals surface area contributed by atoms with Crippen molar-refractivity contribution in [2.24, 2.45) is 0 Å². The lowest BCUT2D eigenvalue weighted by atomic mass is 10.2. The highest BCUT2D eigenvalue weighted by molar-refractivity contribution is 7.91. The highest BCUT2D eigenvalue weighted by Crippen LogP contribution is 2.22. The molecule has 0 bridgehead atoms. The molecule has 2 aromatic carbocycles. The topological polar surface area (TPSA) is 63.7 Å². The van der Waals surface area contributed by atoms with Crippen LogP contribution in [0, 0.1) is 0 Å². The summed E-state index contributed by atoms with van der Waals surface area (Å²) in [6.45, 7) is 0.701. The van der Waals surface area contributed by atoms with E-state index in [1.54, 1.807) is 29.2 Å². The molecular weight excluding hydrogens is 326 g/mol. The molecule has 1 aliphatic rings. The van der Waals surface area contributed by atoms with E-state index in [-0.39, 0.29) is 24.0 Å². The molecule has 0 atom stereocenters. The van der Waals surface area contributed by atoms with Gasteiger partial charge in [0.05, 0.1) is 11.5 Å². The molecule has 1 amide bonds. The average Bonchev–Trinajstić information content (AvgIpc) is 2.76. The van der Waals surface area contributed by atoms with Gasteiger partial charge in [0.1, 0.15) is 11.5 Å². The van der Waals surface area contributed by atoms with E-state index in [0.717, 1.165) is 0 Å². The Morgan fingerprint density at radius 2 is 1.67 bits per heavy atom. The number of rotatable bonds is 3. The first-order chi connectivity index (χ1) is 11.5. The van der Waals surface area contributed by atoms with E-state index in [1.165, 1.54) is 0 Å². The van der Waals surface area contributed by atoms with Crippen molar-refractivity contribution in [2.75, 3.05) is 24.6 Å². The third kappa shape index (κ3) is 4.14. The van der Waals surface area contributed by atoms with Crippen LogP contribution in [0.2, 0.25) is 0 Å². The van der Waals surface area contributed by atoms with Gasteiger partial charge in [-0.05, 0) is 36.8 Å². The predicted octanol–water partition coefficient (Wildman–Crippen LogP) is 2.74. The number of amides is 1. The number of carbonyl (C=O) groups is 1. The Morgan fingerprint density at radius 3 is 2.46 bits per heavy atom. The Kier molecular flexibility index (Phi) is 4.85. The van der Waals surface area contributed by atoms with Gasteiger partial charge in [0.2, 0.25) is 0 Å². The van der Waals surface area contributed by atoms with Gasteiger partial charge in [-0.2, -0.15) is 0 Å². The van der Waals surface area contributed by atoms with E-state index < -0.39 is 9.84 Å². The van der Waals surface area contributed by atoms with E-state index >= 15 is 0 Å². The van der Waals surface area contributed by atoms with Crippen LogP contribution in [0.5, 0.6) is 11.5 Å². The molecule has 0 unspecified atom stereocenters. The third-order valence-corrected chi connectivity index (χ3v) is 5.62. The Labute approximate surface area is 141 Å². The molecule has 1 fully saturated rings. The largest absolute Gasteiger partial charge is 0.457 e.